The lowest BCUT2D eigenvalue weighted by Crippen LogP contribution is -2.41. The summed E-state index contributed by atoms with van der Waals surface area (Å²) in [5.74, 6) is -0.786. The van der Waals surface area contributed by atoms with Crippen molar-refractivity contribution in [1.82, 2.24) is 10.9 Å². The largest absolute Gasteiger partial charge is 0.326 e. The summed E-state index contributed by atoms with van der Waals surface area (Å²) >= 11 is 0. The lowest BCUT2D eigenvalue weighted by Gasteiger charge is -2.09. The third kappa shape index (κ3) is 6.95. The van der Waals surface area contributed by atoms with Crippen LogP contribution < -0.4 is 16.2 Å². The lowest BCUT2D eigenvalue weighted by molar-refractivity contribution is -0.122. The summed E-state index contributed by atoms with van der Waals surface area (Å²) in [5.41, 5.74) is 5.80. The van der Waals surface area contributed by atoms with E-state index in [0.717, 1.165) is 19.3 Å². The second-order valence-corrected chi connectivity index (χ2v) is 5.68. The first kappa shape index (κ1) is 18.7. The number of benzene rings is 1. The van der Waals surface area contributed by atoms with Gasteiger partial charge in [-0.05, 0) is 30.7 Å². The van der Waals surface area contributed by atoms with Gasteiger partial charge in [0, 0.05) is 23.6 Å². The van der Waals surface area contributed by atoms with Crippen molar-refractivity contribution in [1.29, 1.82) is 0 Å². The number of carbonyl (C=O) groups excluding carboxylic acids is 3. The SMILES string of the molecule is CCCCCC(=O)NNC(=O)c1ccc(NC(=O)C(C)C)cc1. The molecule has 0 heterocycles. The van der Waals surface area contributed by atoms with Crippen LogP contribution in [-0.2, 0) is 9.59 Å². The minimum Gasteiger partial charge on any atom is -0.326 e. The number of unbranched alkanes of at least 4 members (excludes halogenated alkanes) is 2. The van der Waals surface area contributed by atoms with Crippen LogP contribution in [0, 0.1) is 5.92 Å². The monoisotopic (exact) mass is 319 g/mol. The predicted molar refractivity (Wildman–Crippen MR) is 89.7 cm³/mol. The van der Waals surface area contributed by atoms with Crippen molar-refractivity contribution < 1.29 is 14.4 Å². The van der Waals surface area contributed by atoms with E-state index in [0.29, 0.717) is 17.7 Å². The standard InChI is InChI=1S/C17H25N3O3/c1-4-5-6-7-15(21)19-20-17(23)13-8-10-14(11-9-13)18-16(22)12(2)3/h8-12H,4-7H2,1-3H3,(H,18,22)(H,19,21)(H,20,23). The Labute approximate surface area is 137 Å². The van der Waals surface area contributed by atoms with E-state index in [2.05, 4.69) is 23.1 Å². The smallest absolute Gasteiger partial charge is 0.269 e. The summed E-state index contributed by atoms with van der Waals surface area (Å²) in [6, 6.07) is 6.49. The van der Waals surface area contributed by atoms with Gasteiger partial charge in [0.05, 0.1) is 0 Å². The van der Waals surface area contributed by atoms with Gasteiger partial charge in [-0.1, -0.05) is 33.6 Å². The molecule has 0 unspecified atom stereocenters. The van der Waals surface area contributed by atoms with Crippen LogP contribution in [0.15, 0.2) is 24.3 Å². The number of hydrogen-bond donors (Lipinski definition) is 3. The molecule has 0 aliphatic heterocycles. The van der Waals surface area contributed by atoms with Crippen molar-refractivity contribution in [3.63, 3.8) is 0 Å². The van der Waals surface area contributed by atoms with Gasteiger partial charge in [0.25, 0.3) is 5.91 Å². The van der Waals surface area contributed by atoms with Crippen LogP contribution >= 0.6 is 0 Å². The highest BCUT2D eigenvalue weighted by Crippen LogP contribution is 2.10. The molecule has 0 fully saturated rings. The van der Waals surface area contributed by atoms with Crippen molar-refractivity contribution in [3.05, 3.63) is 29.8 Å². The van der Waals surface area contributed by atoms with Crippen LogP contribution in [0.4, 0.5) is 5.69 Å². The topological polar surface area (TPSA) is 87.3 Å². The zero-order valence-corrected chi connectivity index (χ0v) is 13.9. The molecule has 6 heteroatoms. The highest BCUT2D eigenvalue weighted by molar-refractivity contribution is 5.96. The summed E-state index contributed by atoms with van der Waals surface area (Å²) in [6.45, 7) is 5.67. The molecule has 126 valence electrons. The van der Waals surface area contributed by atoms with Gasteiger partial charge in [-0.15, -0.1) is 0 Å². The van der Waals surface area contributed by atoms with Crippen molar-refractivity contribution in [2.75, 3.05) is 5.32 Å². The Bertz CT molecular complexity index is 539. The van der Waals surface area contributed by atoms with Crippen LogP contribution in [0.1, 0.15) is 56.8 Å². The molecule has 0 aliphatic carbocycles. The molecule has 3 amide bonds. The van der Waals surface area contributed by atoms with Gasteiger partial charge < -0.3 is 5.32 Å². The molecule has 3 N–H and O–H groups in total. The maximum absolute atomic E-state index is 11.9. The van der Waals surface area contributed by atoms with Crippen molar-refractivity contribution >= 4 is 23.4 Å². The summed E-state index contributed by atoms with van der Waals surface area (Å²) in [7, 11) is 0. The maximum Gasteiger partial charge on any atom is 0.269 e. The number of hydrazine groups is 1. The molecule has 0 spiro atoms. The van der Waals surface area contributed by atoms with Crippen LogP contribution in [0.5, 0.6) is 0 Å². The molecule has 0 saturated carbocycles. The van der Waals surface area contributed by atoms with Crippen molar-refractivity contribution in [2.24, 2.45) is 5.92 Å². The van der Waals surface area contributed by atoms with E-state index < -0.39 is 5.91 Å². The van der Waals surface area contributed by atoms with Gasteiger partial charge in [-0.2, -0.15) is 0 Å². The number of anilines is 1. The van der Waals surface area contributed by atoms with E-state index >= 15 is 0 Å². The molecule has 0 aliphatic rings. The summed E-state index contributed by atoms with van der Waals surface area (Å²) < 4.78 is 0. The molecule has 0 saturated heterocycles. The Morgan fingerprint density at radius 3 is 2.22 bits per heavy atom. The molecule has 0 bridgehead atoms. The molecular weight excluding hydrogens is 294 g/mol. The predicted octanol–water partition coefficient (Wildman–Crippen LogP) is 2.62. The second kappa shape index (κ2) is 9.61. The Hall–Kier alpha value is -2.37. The molecule has 0 atom stereocenters. The quantitative estimate of drug-likeness (QED) is 0.533. The average molecular weight is 319 g/mol. The fraction of sp³-hybridized carbons (Fsp3) is 0.471. The van der Waals surface area contributed by atoms with Crippen LogP contribution in [0.2, 0.25) is 0 Å². The summed E-state index contributed by atoms with van der Waals surface area (Å²) in [4.78, 5) is 35.0. The fourth-order valence-corrected chi connectivity index (χ4v) is 1.79. The minimum absolute atomic E-state index is 0.0819. The maximum atomic E-state index is 11.9. The van der Waals surface area contributed by atoms with Gasteiger partial charge in [-0.3, -0.25) is 25.2 Å². The molecule has 0 radical (unpaired) electrons. The number of rotatable bonds is 7. The van der Waals surface area contributed by atoms with Crippen LogP contribution in [-0.4, -0.2) is 17.7 Å². The van der Waals surface area contributed by atoms with E-state index in [1.54, 1.807) is 38.1 Å². The van der Waals surface area contributed by atoms with E-state index in [1.165, 1.54) is 0 Å². The number of hydrogen-bond acceptors (Lipinski definition) is 3. The summed E-state index contributed by atoms with van der Waals surface area (Å²) in [5, 5.41) is 2.75. The molecule has 23 heavy (non-hydrogen) atoms. The second-order valence-electron chi connectivity index (χ2n) is 5.68. The number of amides is 3. The zero-order chi connectivity index (χ0) is 17.2. The Morgan fingerprint density at radius 1 is 1.00 bits per heavy atom. The van der Waals surface area contributed by atoms with Crippen LogP contribution in [0.3, 0.4) is 0 Å². The van der Waals surface area contributed by atoms with Gasteiger partial charge in [0.2, 0.25) is 11.8 Å². The molecule has 0 aromatic heterocycles. The van der Waals surface area contributed by atoms with Gasteiger partial charge in [0.15, 0.2) is 0 Å². The first-order valence-corrected chi connectivity index (χ1v) is 7.94. The van der Waals surface area contributed by atoms with E-state index in [1.807, 2.05) is 0 Å². The molecule has 1 rings (SSSR count). The van der Waals surface area contributed by atoms with E-state index in [-0.39, 0.29) is 17.7 Å². The third-order valence-corrected chi connectivity index (χ3v) is 3.26. The van der Waals surface area contributed by atoms with Crippen molar-refractivity contribution in [2.45, 2.75) is 46.5 Å². The Balaban J connectivity index is 2.45. The third-order valence-electron chi connectivity index (χ3n) is 3.26. The Kier molecular flexibility index (Phi) is 7.80. The van der Waals surface area contributed by atoms with Gasteiger partial charge >= 0.3 is 0 Å². The van der Waals surface area contributed by atoms with Gasteiger partial charge in [-0.25, -0.2) is 0 Å². The van der Waals surface area contributed by atoms with E-state index in [9.17, 15) is 14.4 Å². The highest BCUT2D eigenvalue weighted by Gasteiger charge is 2.09. The first-order chi connectivity index (χ1) is 10.9. The molecular formula is C17H25N3O3. The number of nitrogens with one attached hydrogen (secondary N) is 3. The average Bonchev–Trinajstić information content (AvgIpc) is 2.53. The van der Waals surface area contributed by atoms with Crippen molar-refractivity contribution in [3.8, 4) is 0 Å². The summed E-state index contributed by atoms with van der Waals surface area (Å²) in [6.07, 6.45) is 3.24. The normalized spacial score (nSPS) is 10.3. The molecule has 1 aromatic rings. The number of carbonyl (C=O) groups is 3. The molecule has 6 nitrogen and oxygen atoms in total. The van der Waals surface area contributed by atoms with E-state index in [4.69, 9.17) is 0 Å². The van der Waals surface area contributed by atoms with Crippen LogP contribution in [0.25, 0.3) is 0 Å². The fourth-order valence-electron chi connectivity index (χ4n) is 1.79. The zero-order valence-electron chi connectivity index (χ0n) is 13.9. The highest BCUT2D eigenvalue weighted by atomic mass is 16.2. The Morgan fingerprint density at radius 2 is 1.65 bits per heavy atom. The van der Waals surface area contributed by atoms with Gasteiger partial charge in [0.1, 0.15) is 0 Å². The lowest BCUT2D eigenvalue weighted by atomic mass is 10.1. The first-order valence-electron chi connectivity index (χ1n) is 7.94. The molecule has 1 aromatic carbocycles. The minimum atomic E-state index is -0.393.